The maximum absolute atomic E-state index is 12.0. The van der Waals surface area contributed by atoms with Crippen LogP contribution in [0.1, 0.15) is 33.3 Å². The molecule has 0 aromatic heterocycles. The fourth-order valence-electron chi connectivity index (χ4n) is 1.60. The van der Waals surface area contributed by atoms with E-state index in [9.17, 15) is 4.79 Å². The fourth-order valence-corrected chi connectivity index (χ4v) is 1.60. The molecule has 0 aliphatic heterocycles. The lowest BCUT2D eigenvalue weighted by atomic mass is 10.1. The van der Waals surface area contributed by atoms with Crippen molar-refractivity contribution >= 4 is 5.97 Å². The van der Waals surface area contributed by atoms with E-state index in [1.54, 1.807) is 6.08 Å². The van der Waals surface area contributed by atoms with E-state index >= 15 is 0 Å². The van der Waals surface area contributed by atoms with Crippen LogP contribution in [0, 0.1) is 0 Å². The van der Waals surface area contributed by atoms with Crippen molar-refractivity contribution in [3.05, 3.63) is 59.4 Å². The average molecular weight is 288 g/mol. The number of benzene rings is 1. The van der Waals surface area contributed by atoms with E-state index in [0.29, 0.717) is 13.0 Å². The van der Waals surface area contributed by atoms with Crippen molar-refractivity contribution in [1.29, 1.82) is 0 Å². The maximum Gasteiger partial charge on any atom is 0.373 e. The van der Waals surface area contributed by atoms with E-state index < -0.39 is 5.97 Å². The lowest BCUT2D eigenvalue weighted by Crippen LogP contribution is -2.16. The number of esters is 1. The molecule has 0 amide bonds. The Kier molecular flexibility index (Phi) is 7.30. The molecule has 0 heterocycles. The number of carbonyl (C=O) groups excluding carboxylic acids is 1. The summed E-state index contributed by atoms with van der Waals surface area (Å²) in [6, 6.07) is 9.93. The molecular formula is C18H24O3. The van der Waals surface area contributed by atoms with Gasteiger partial charge in [-0.05, 0) is 51.8 Å². The van der Waals surface area contributed by atoms with Crippen LogP contribution in [0.15, 0.2) is 53.8 Å². The largest absolute Gasteiger partial charge is 0.483 e. The number of ether oxygens (including phenoxy) is 2. The van der Waals surface area contributed by atoms with Gasteiger partial charge in [0.2, 0.25) is 5.76 Å². The Morgan fingerprint density at radius 3 is 2.38 bits per heavy atom. The van der Waals surface area contributed by atoms with E-state index in [1.807, 2.05) is 64.1 Å². The lowest BCUT2D eigenvalue weighted by Gasteiger charge is -2.11. The molecule has 1 aromatic rings. The summed E-state index contributed by atoms with van der Waals surface area (Å²) in [6.07, 6.45) is 4.18. The summed E-state index contributed by atoms with van der Waals surface area (Å²) in [5.74, 6) is -0.145. The van der Waals surface area contributed by atoms with Crippen LogP contribution >= 0.6 is 0 Å². The van der Waals surface area contributed by atoms with E-state index in [-0.39, 0.29) is 11.9 Å². The summed E-state index contributed by atoms with van der Waals surface area (Å²) in [5, 5.41) is 0. The molecule has 0 radical (unpaired) electrons. The van der Waals surface area contributed by atoms with Crippen LogP contribution in [0.4, 0.5) is 0 Å². The van der Waals surface area contributed by atoms with Crippen molar-refractivity contribution in [1.82, 2.24) is 0 Å². The van der Waals surface area contributed by atoms with Crippen LogP contribution in [0.5, 0.6) is 0 Å². The van der Waals surface area contributed by atoms with Gasteiger partial charge in [0.15, 0.2) is 0 Å². The highest BCUT2D eigenvalue weighted by molar-refractivity contribution is 5.86. The third-order valence-corrected chi connectivity index (χ3v) is 2.64. The van der Waals surface area contributed by atoms with Crippen LogP contribution in [0.3, 0.4) is 0 Å². The van der Waals surface area contributed by atoms with Crippen molar-refractivity contribution in [2.75, 3.05) is 6.61 Å². The minimum atomic E-state index is -0.414. The van der Waals surface area contributed by atoms with Crippen LogP contribution in [0.25, 0.3) is 0 Å². The van der Waals surface area contributed by atoms with Gasteiger partial charge in [-0.1, -0.05) is 35.9 Å². The Balaban J connectivity index is 2.74. The minimum Gasteiger partial charge on any atom is -0.483 e. The predicted octanol–water partition coefficient (Wildman–Crippen LogP) is 4.05. The first kappa shape index (κ1) is 17.0. The predicted molar refractivity (Wildman–Crippen MR) is 84.8 cm³/mol. The van der Waals surface area contributed by atoms with Crippen molar-refractivity contribution in [2.45, 2.75) is 40.2 Å². The van der Waals surface area contributed by atoms with E-state index in [1.165, 1.54) is 0 Å². The lowest BCUT2D eigenvalue weighted by molar-refractivity contribution is -0.146. The van der Waals surface area contributed by atoms with Gasteiger partial charge in [0.1, 0.15) is 6.61 Å². The molecular weight excluding hydrogens is 264 g/mol. The van der Waals surface area contributed by atoms with Gasteiger partial charge in [-0.25, -0.2) is 4.79 Å². The second-order valence-electron chi connectivity index (χ2n) is 5.30. The molecule has 0 fully saturated rings. The van der Waals surface area contributed by atoms with Gasteiger partial charge in [-0.2, -0.15) is 0 Å². The number of rotatable bonds is 7. The zero-order chi connectivity index (χ0) is 15.7. The second kappa shape index (κ2) is 9.01. The molecule has 114 valence electrons. The Labute approximate surface area is 127 Å². The van der Waals surface area contributed by atoms with Crippen molar-refractivity contribution in [3.63, 3.8) is 0 Å². The summed E-state index contributed by atoms with van der Waals surface area (Å²) in [6.45, 7) is 7.99. The van der Waals surface area contributed by atoms with Crippen molar-refractivity contribution in [2.24, 2.45) is 0 Å². The zero-order valence-corrected chi connectivity index (χ0v) is 13.3. The molecule has 3 nitrogen and oxygen atoms in total. The van der Waals surface area contributed by atoms with Gasteiger partial charge < -0.3 is 9.47 Å². The number of hydrogen-bond acceptors (Lipinski definition) is 3. The molecule has 0 saturated heterocycles. The van der Waals surface area contributed by atoms with E-state index in [4.69, 9.17) is 9.47 Å². The van der Waals surface area contributed by atoms with Crippen molar-refractivity contribution < 1.29 is 14.3 Å². The summed E-state index contributed by atoms with van der Waals surface area (Å²) in [5.41, 5.74) is 2.27. The molecule has 0 bridgehead atoms. The molecule has 0 spiro atoms. The molecule has 0 saturated carbocycles. The first-order valence-corrected chi connectivity index (χ1v) is 7.20. The normalized spacial score (nSPS) is 11.2. The Bertz CT molecular complexity index is 494. The van der Waals surface area contributed by atoms with Gasteiger partial charge in [0.05, 0.1) is 6.10 Å². The van der Waals surface area contributed by atoms with E-state index in [2.05, 4.69) is 0 Å². The van der Waals surface area contributed by atoms with Gasteiger partial charge in [0, 0.05) is 0 Å². The molecule has 0 aliphatic carbocycles. The highest BCUT2D eigenvalue weighted by Gasteiger charge is 2.13. The third-order valence-electron chi connectivity index (χ3n) is 2.64. The first-order valence-electron chi connectivity index (χ1n) is 7.20. The number of carbonyl (C=O) groups is 1. The Morgan fingerprint density at radius 1 is 1.14 bits per heavy atom. The third kappa shape index (κ3) is 7.35. The molecule has 0 N–H and O–H groups in total. The molecule has 21 heavy (non-hydrogen) atoms. The van der Waals surface area contributed by atoms with Crippen LogP contribution in [-0.4, -0.2) is 18.7 Å². The highest BCUT2D eigenvalue weighted by Crippen LogP contribution is 2.08. The number of hydrogen-bond donors (Lipinski definition) is 0. The van der Waals surface area contributed by atoms with Crippen LogP contribution in [-0.2, 0) is 20.7 Å². The summed E-state index contributed by atoms with van der Waals surface area (Å²) >= 11 is 0. The zero-order valence-electron chi connectivity index (χ0n) is 13.3. The maximum atomic E-state index is 12.0. The Hall–Kier alpha value is -2.03. The van der Waals surface area contributed by atoms with Crippen LogP contribution < -0.4 is 0 Å². The highest BCUT2D eigenvalue weighted by atomic mass is 16.6. The molecule has 0 aliphatic rings. The van der Waals surface area contributed by atoms with E-state index in [0.717, 1.165) is 11.1 Å². The monoisotopic (exact) mass is 288 g/mol. The average Bonchev–Trinajstić information content (AvgIpc) is 2.42. The molecule has 1 rings (SSSR count). The Morgan fingerprint density at radius 2 is 1.81 bits per heavy atom. The van der Waals surface area contributed by atoms with Crippen LogP contribution in [0.2, 0.25) is 0 Å². The number of allylic oxidation sites excluding steroid dienone is 2. The summed E-state index contributed by atoms with van der Waals surface area (Å²) in [7, 11) is 0. The summed E-state index contributed by atoms with van der Waals surface area (Å²) in [4.78, 5) is 12.0. The van der Waals surface area contributed by atoms with Gasteiger partial charge in [-0.15, -0.1) is 0 Å². The standard InChI is InChI=1S/C18H24O3/c1-14(2)12-13-20-17(18(19)21-15(3)4)11-10-16-8-6-5-7-9-16/h5-9,11-12,15H,10,13H2,1-4H3/b17-11-. The van der Waals surface area contributed by atoms with Gasteiger partial charge in [-0.3, -0.25) is 0 Å². The second-order valence-corrected chi connectivity index (χ2v) is 5.30. The smallest absolute Gasteiger partial charge is 0.373 e. The SMILES string of the molecule is CC(C)=CCO/C(=C\Cc1ccccc1)C(=O)OC(C)C. The fraction of sp³-hybridized carbons (Fsp3) is 0.389. The minimum absolute atomic E-state index is 0.162. The summed E-state index contributed by atoms with van der Waals surface area (Å²) < 4.78 is 10.8. The van der Waals surface area contributed by atoms with Crippen molar-refractivity contribution in [3.8, 4) is 0 Å². The molecule has 3 heteroatoms. The molecule has 0 atom stereocenters. The van der Waals surface area contributed by atoms with Gasteiger partial charge >= 0.3 is 5.97 Å². The van der Waals surface area contributed by atoms with Gasteiger partial charge in [0.25, 0.3) is 0 Å². The quantitative estimate of drug-likeness (QED) is 0.329. The molecule has 1 aromatic carbocycles. The topological polar surface area (TPSA) is 35.5 Å². The molecule has 0 unspecified atom stereocenters. The first-order chi connectivity index (χ1) is 9.99.